The van der Waals surface area contributed by atoms with Crippen molar-refractivity contribution in [2.24, 2.45) is 5.92 Å². The number of nitrogens with zero attached hydrogens (tertiary/aromatic N) is 1. The number of hydrogen-bond acceptors (Lipinski definition) is 3. The summed E-state index contributed by atoms with van der Waals surface area (Å²) in [7, 11) is 0. The van der Waals surface area contributed by atoms with Crippen molar-refractivity contribution in [2.75, 3.05) is 0 Å². The van der Waals surface area contributed by atoms with Crippen LogP contribution in [0.3, 0.4) is 0 Å². The van der Waals surface area contributed by atoms with Crippen LogP contribution in [0.2, 0.25) is 0 Å². The summed E-state index contributed by atoms with van der Waals surface area (Å²) in [4.78, 5) is 16.5. The highest BCUT2D eigenvalue weighted by atomic mass is 32.1. The molecule has 0 saturated carbocycles. The topological polar surface area (TPSA) is 42.0 Å². The molecule has 0 fully saturated rings. The number of carbonyl (C=O) groups excluding carboxylic acids is 1. The molecular weight excluding hydrogens is 280 g/mol. The Bertz CT molecular complexity index is 667. The number of aromatic nitrogens is 1. The van der Waals surface area contributed by atoms with Gasteiger partial charge < -0.3 is 5.32 Å². The maximum atomic E-state index is 12.0. The number of rotatable bonds is 4. The SMILES string of the molecule is Cc1nc(-c2cccc(CNC(=O)C3CC=CC3)c2)cs1. The fourth-order valence-corrected chi connectivity index (χ4v) is 3.12. The van der Waals surface area contributed by atoms with E-state index >= 15 is 0 Å². The first-order valence-corrected chi connectivity index (χ1v) is 8.04. The van der Waals surface area contributed by atoms with E-state index in [-0.39, 0.29) is 11.8 Å². The number of amides is 1. The van der Waals surface area contributed by atoms with E-state index in [9.17, 15) is 4.79 Å². The van der Waals surface area contributed by atoms with Crippen molar-refractivity contribution in [1.29, 1.82) is 0 Å². The molecule has 0 radical (unpaired) electrons. The molecule has 2 aromatic rings. The number of hydrogen-bond donors (Lipinski definition) is 1. The number of benzene rings is 1. The van der Waals surface area contributed by atoms with E-state index < -0.39 is 0 Å². The van der Waals surface area contributed by atoms with Gasteiger partial charge in [-0.25, -0.2) is 4.98 Å². The quantitative estimate of drug-likeness (QED) is 0.874. The Balaban J connectivity index is 1.64. The molecule has 0 unspecified atom stereocenters. The first kappa shape index (κ1) is 14.0. The van der Waals surface area contributed by atoms with Crippen LogP contribution in [-0.4, -0.2) is 10.9 Å². The Morgan fingerprint density at radius 3 is 2.90 bits per heavy atom. The first-order chi connectivity index (χ1) is 10.2. The molecule has 0 spiro atoms. The first-order valence-electron chi connectivity index (χ1n) is 7.16. The van der Waals surface area contributed by atoms with Crippen molar-refractivity contribution in [1.82, 2.24) is 10.3 Å². The molecule has 0 aliphatic heterocycles. The smallest absolute Gasteiger partial charge is 0.224 e. The molecular formula is C17H18N2OS. The summed E-state index contributed by atoms with van der Waals surface area (Å²) >= 11 is 1.65. The zero-order valence-electron chi connectivity index (χ0n) is 12.0. The minimum absolute atomic E-state index is 0.120. The molecule has 0 saturated heterocycles. The predicted octanol–water partition coefficient (Wildman–Crippen LogP) is 3.70. The third-order valence-electron chi connectivity index (χ3n) is 3.69. The molecule has 0 bridgehead atoms. The van der Waals surface area contributed by atoms with Crippen molar-refractivity contribution in [2.45, 2.75) is 26.3 Å². The number of thiazole rings is 1. The number of allylic oxidation sites excluding steroid dienone is 2. The maximum absolute atomic E-state index is 12.0. The molecule has 0 atom stereocenters. The number of carbonyl (C=O) groups is 1. The van der Waals surface area contributed by atoms with Crippen LogP contribution in [0.25, 0.3) is 11.3 Å². The minimum Gasteiger partial charge on any atom is -0.352 e. The maximum Gasteiger partial charge on any atom is 0.224 e. The summed E-state index contributed by atoms with van der Waals surface area (Å²) in [6, 6.07) is 8.21. The standard InChI is InChI=1S/C17H18N2OS/c1-12-19-16(11-21-12)15-8-4-5-13(9-15)10-18-17(20)14-6-2-3-7-14/h2-5,8-9,11,14H,6-7,10H2,1H3,(H,18,20). The van der Waals surface area contributed by atoms with Crippen molar-refractivity contribution >= 4 is 17.2 Å². The van der Waals surface area contributed by atoms with E-state index in [2.05, 4.69) is 40.0 Å². The van der Waals surface area contributed by atoms with Gasteiger partial charge in [0.25, 0.3) is 0 Å². The monoisotopic (exact) mass is 298 g/mol. The fraction of sp³-hybridized carbons (Fsp3) is 0.294. The molecule has 108 valence electrons. The Hall–Kier alpha value is -1.94. The minimum atomic E-state index is 0.120. The van der Waals surface area contributed by atoms with Crippen LogP contribution in [0.4, 0.5) is 0 Å². The fourth-order valence-electron chi connectivity index (χ4n) is 2.50. The zero-order valence-corrected chi connectivity index (χ0v) is 12.8. The summed E-state index contributed by atoms with van der Waals surface area (Å²) < 4.78 is 0. The average molecular weight is 298 g/mol. The normalized spacial score (nSPS) is 14.5. The van der Waals surface area contributed by atoms with Crippen molar-refractivity contribution in [3.8, 4) is 11.3 Å². The van der Waals surface area contributed by atoms with Crippen LogP contribution >= 0.6 is 11.3 Å². The van der Waals surface area contributed by atoms with Crippen LogP contribution in [0, 0.1) is 12.8 Å². The van der Waals surface area contributed by atoms with E-state index in [4.69, 9.17) is 0 Å². The number of aryl methyl sites for hydroxylation is 1. The largest absolute Gasteiger partial charge is 0.352 e. The van der Waals surface area contributed by atoms with Crippen molar-refractivity contribution in [3.63, 3.8) is 0 Å². The van der Waals surface area contributed by atoms with Gasteiger partial charge in [-0.15, -0.1) is 11.3 Å². The van der Waals surface area contributed by atoms with E-state index in [0.29, 0.717) is 6.54 Å². The Labute approximate surface area is 128 Å². The molecule has 1 aromatic heterocycles. The summed E-state index contributed by atoms with van der Waals surface area (Å²) in [5, 5.41) is 6.16. The summed E-state index contributed by atoms with van der Waals surface area (Å²) in [6.45, 7) is 2.58. The second-order valence-corrected chi connectivity index (χ2v) is 6.37. The van der Waals surface area contributed by atoms with Crippen LogP contribution in [-0.2, 0) is 11.3 Å². The van der Waals surface area contributed by atoms with Gasteiger partial charge in [0, 0.05) is 23.4 Å². The molecule has 1 aliphatic carbocycles. The molecule has 1 aliphatic rings. The molecule has 1 heterocycles. The summed E-state index contributed by atoms with van der Waals surface area (Å²) in [5.74, 6) is 0.268. The van der Waals surface area contributed by atoms with Crippen LogP contribution in [0.15, 0.2) is 41.8 Å². The Kier molecular flexibility index (Phi) is 4.15. The van der Waals surface area contributed by atoms with Crippen LogP contribution in [0.1, 0.15) is 23.4 Å². The molecule has 3 nitrogen and oxygen atoms in total. The third kappa shape index (κ3) is 3.39. The number of nitrogens with one attached hydrogen (secondary N) is 1. The van der Waals surface area contributed by atoms with Gasteiger partial charge in [0.2, 0.25) is 5.91 Å². The van der Waals surface area contributed by atoms with E-state index in [1.807, 2.05) is 19.1 Å². The van der Waals surface area contributed by atoms with Gasteiger partial charge >= 0.3 is 0 Å². The average Bonchev–Trinajstić information content (AvgIpc) is 3.16. The van der Waals surface area contributed by atoms with E-state index in [1.54, 1.807) is 11.3 Å². The van der Waals surface area contributed by atoms with Gasteiger partial charge in [0.1, 0.15) is 0 Å². The summed E-state index contributed by atoms with van der Waals surface area (Å²) in [6.07, 6.45) is 5.89. The Morgan fingerprint density at radius 1 is 1.38 bits per heavy atom. The van der Waals surface area contributed by atoms with Gasteiger partial charge in [-0.2, -0.15) is 0 Å². The highest BCUT2D eigenvalue weighted by Crippen LogP contribution is 2.22. The second-order valence-electron chi connectivity index (χ2n) is 5.31. The zero-order chi connectivity index (χ0) is 14.7. The van der Waals surface area contributed by atoms with E-state index in [0.717, 1.165) is 34.7 Å². The lowest BCUT2D eigenvalue weighted by Crippen LogP contribution is -2.28. The van der Waals surface area contributed by atoms with E-state index in [1.165, 1.54) is 0 Å². The summed E-state index contributed by atoms with van der Waals surface area (Å²) in [5.41, 5.74) is 3.22. The lowest BCUT2D eigenvalue weighted by atomic mass is 10.1. The molecule has 1 aromatic carbocycles. The molecule has 3 rings (SSSR count). The van der Waals surface area contributed by atoms with Crippen LogP contribution < -0.4 is 5.32 Å². The second kappa shape index (κ2) is 6.22. The lowest BCUT2D eigenvalue weighted by Gasteiger charge is -2.11. The molecule has 1 amide bonds. The highest BCUT2D eigenvalue weighted by molar-refractivity contribution is 7.09. The van der Waals surface area contributed by atoms with Gasteiger partial charge in [0.05, 0.1) is 10.7 Å². The highest BCUT2D eigenvalue weighted by Gasteiger charge is 2.18. The lowest BCUT2D eigenvalue weighted by molar-refractivity contribution is -0.124. The van der Waals surface area contributed by atoms with Gasteiger partial charge in [-0.3, -0.25) is 4.79 Å². The van der Waals surface area contributed by atoms with Gasteiger partial charge in [0.15, 0.2) is 0 Å². The van der Waals surface area contributed by atoms with Gasteiger partial charge in [-0.05, 0) is 31.4 Å². The third-order valence-corrected chi connectivity index (χ3v) is 4.46. The molecule has 1 N–H and O–H groups in total. The van der Waals surface area contributed by atoms with Crippen molar-refractivity contribution in [3.05, 3.63) is 52.4 Å². The van der Waals surface area contributed by atoms with Crippen molar-refractivity contribution < 1.29 is 4.79 Å². The molecule has 4 heteroatoms. The van der Waals surface area contributed by atoms with Gasteiger partial charge in [-0.1, -0.05) is 30.4 Å². The predicted molar refractivity (Wildman–Crippen MR) is 86.0 cm³/mol. The Morgan fingerprint density at radius 2 is 2.19 bits per heavy atom. The molecule has 21 heavy (non-hydrogen) atoms. The van der Waals surface area contributed by atoms with Crippen LogP contribution in [0.5, 0.6) is 0 Å².